The Balaban J connectivity index is 1.45. The first-order chi connectivity index (χ1) is 13.9. The van der Waals surface area contributed by atoms with E-state index in [1.807, 2.05) is 29.2 Å². The SMILES string of the molecule is O=C(c1cc(Cl)ccc1F)N1CCN(C(=O)C2(c3ccc(Cl)cc3)CCC2)CC1. The molecule has 152 valence electrons. The van der Waals surface area contributed by atoms with Gasteiger partial charge in [0, 0.05) is 36.2 Å². The molecule has 4 rings (SSSR count). The minimum atomic E-state index is -0.589. The third-order valence-electron chi connectivity index (χ3n) is 6.03. The first-order valence-corrected chi connectivity index (χ1v) is 10.5. The number of carbonyl (C=O) groups excluding carboxylic acids is 2. The van der Waals surface area contributed by atoms with Gasteiger partial charge < -0.3 is 9.80 Å². The van der Waals surface area contributed by atoms with Gasteiger partial charge in [-0.15, -0.1) is 0 Å². The van der Waals surface area contributed by atoms with Crippen LogP contribution in [0.5, 0.6) is 0 Å². The number of hydrogen-bond acceptors (Lipinski definition) is 2. The predicted molar refractivity (Wildman–Crippen MR) is 111 cm³/mol. The average molecular weight is 435 g/mol. The summed E-state index contributed by atoms with van der Waals surface area (Å²) in [6.07, 6.45) is 2.65. The number of carbonyl (C=O) groups is 2. The van der Waals surface area contributed by atoms with Crippen LogP contribution < -0.4 is 0 Å². The van der Waals surface area contributed by atoms with Gasteiger partial charge in [-0.25, -0.2) is 4.39 Å². The van der Waals surface area contributed by atoms with Crippen molar-refractivity contribution in [1.29, 1.82) is 0 Å². The smallest absolute Gasteiger partial charge is 0.257 e. The van der Waals surface area contributed by atoms with Gasteiger partial charge in [0.2, 0.25) is 5.91 Å². The van der Waals surface area contributed by atoms with Crippen molar-refractivity contribution >= 4 is 35.0 Å². The molecule has 1 heterocycles. The van der Waals surface area contributed by atoms with Gasteiger partial charge in [-0.1, -0.05) is 41.8 Å². The number of hydrogen-bond donors (Lipinski definition) is 0. The van der Waals surface area contributed by atoms with Crippen LogP contribution in [0.1, 0.15) is 35.2 Å². The summed E-state index contributed by atoms with van der Waals surface area (Å²) in [4.78, 5) is 29.4. The largest absolute Gasteiger partial charge is 0.338 e. The van der Waals surface area contributed by atoms with Crippen LogP contribution in [0.15, 0.2) is 42.5 Å². The lowest BCUT2D eigenvalue weighted by atomic mass is 9.63. The normalized spacial score (nSPS) is 18.3. The summed E-state index contributed by atoms with van der Waals surface area (Å²) in [5.74, 6) is -0.880. The van der Waals surface area contributed by atoms with Gasteiger partial charge in [0.05, 0.1) is 11.0 Å². The molecule has 0 bridgehead atoms. The molecular weight excluding hydrogens is 414 g/mol. The summed E-state index contributed by atoms with van der Waals surface area (Å²) in [6, 6.07) is 11.5. The maximum absolute atomic E-state index is 14.0. The highest BCUT2D eigenvalue weighted by Gasteiger charge is 2.48. The lowest BCUT2D eigenvalue weighted by molar-refractivity contribution is -0.142. The molecular formula is C22H21Cl2FN2O2. The maximum atomic E-state index is 14.0. The molecule has 0 N–H and O–H groups in total. The molecule has 29 heavy (non-hydrogen) atoms. The highest BCUT2D eigenvalue weighted by atomic mass is 35.5. The Morgan fingerprint density at radius 1 is 0.862 bits per heavy atom. The fourth-order valence-corrected chi connectivity index (χ4v) is 4.47. The second-order valence-electron chi connectivity index (χ2n) is 7.65. The van der Waals surface area contributed by atoms with E-state index in [-0.39, 0.29) is 11.5 Å². The molecule has 0 aromatic heterocycles. The van der Waals surface area contributed by atoms with Crippen LogP contribution in [0.25, 0.3) is 0 Å². The Morgan fingerprint density at radius 3 is 2.03 bits per heavy atom. The minimum Gasteiger partial charge on any atom is -0.338 e. The Bertz CT molecular complexity index is 936. The van der Waals surface area contributed by atoms with Crippen molar-refractivity contribution in [3.63, 3.8) is 0 Å². The van der Waals surface area contributed by atoms with E-state index >= 15 is 0 Å². The first kappa shape index (κ1) is 20.2. The standard InChI is InChI=1S/C22H21Cl2FN2O2/c23-16-4-2-15(3-5-16)22(8-1-9-22)21(29)27-12-10-26(11-13-27)20(28)18-14-17(24)6-7-19(18)25/h2-7,14H,1,8-13H2. The van der Waals surface area contributed by atoms with E-state index in [2.05, 4.69) is 0 Å². The van der Waals surface area contributed by atoms with Gasteiger partial charge in [-0.3, -0.25) is 9.59 Å². The molecule has 0 spiro atoms. The van der Waals surface area contributed by atoms with E-state index < -0.39 is 17.1 Å². The Morgan fingerprint density at radius 2 is 1.45 bits per heavy atom. The van der Waals surface area contributed by atoms with Gasteiger partial charge in [0.1, 0.15) is 5.82 Å². The fourth-order valence-electron chi connectivity index (χ4n) is 4.17. The third-order valence-corrected chi connectivity index (χ3v) is 6.51. The van der Waals surface area contributed by atoms with Crippen LogP contribution in [-0.4, -0.2) is 47.8 Å². The Hall–Kier alpha value is -2.11. The quantitative estimate of drug-likeness (QED) is 0.711. The molecule has 2 aliphatic rings. The molecule has 2 aromatic carbocycles. The monoisotopic (exact) mass is 434 g/mol. The summed E-state index contributed by atoms with van der Waals surface area (Å²) < 4.78 is 14.0. The van der Waals surface area contributed by atoms with E-state index in [0.29, 0.717) is 36.2 Å². The lowest BCUT2D eigenvalue weighted by Crippen LogP contribution is -2.57. The van der Waals surface area contributed by atoms with E-state index in [0.717, 1.165) is 24.8 Å². The van der Waals surface area contributed by atoms with Crippen molar-refractivity contribution in [3.8, 4) is 0 Å². The van der Waals surface area contributed by atoms with Crippen molar-refractivity contribution in [3.05, 3.63) is 69.5 Å². The molecule has 1 saturated heterocycles. The van der Waals surface area contributed by atoms with Crippen LogP contribution in [0, 0.1) is 5.82 Å². The zero-order valence-electron chi connectivity index (χ0n) is 15.8. The molecule has 2 amide bonds. The van der Waals surface area contributed by atoms with E-state index in [1.54, 1.807) is 4.90 Å². The van der Waals surface area contributed by atoms with Gasteiger partial charge in [-0.05, 0) is 48.7 Å². The summed E-state index contributed by atoms with van der Waals surface area (Å²) in [7, 11) is 0. The average Bonchev–Trinajstić information content (AvgIpc) is 2.70. The lowest BCUT2D eigenvalue weighted by Gasteiger charge is -2.46. The molecule has 4 nitrogen and oxygen atoms in total. The zero-order chi connectivity index (χ0) is 20.6. The van der Waals surface area contributed by atoms with E-state index in [1.165, 1.54) is 18.2 Å². The first-order valence-electron chi connectivity index (χ1n) is 9.70. The van der Waals surface area contributed by atoms with Crippen molar-refractivity contribution in [2.45, 2.75) is 24.7 Å². The highest BCUT2D eigenvalue weighted by Crippen LogP contribution is 2.45. The number of benzene rings is 2. The third kappa shape index (κ3) is 3.74. The predicted octanol–water partition coefficient (Wildman–Crippen LogP) is 4.54. The Kier molecular flexibility index (Phi) is 5.54. The van der Waals surface area contributed by atoms with Crippen LogP contribution in [0.2, 0.25) is 10.0 Å². The molecule has 2 fully saturated rings. The number of nitrogens with zero attached hydrogens (tertiary/aromatic N) is 2. The molecule has 1 aliphatic carbocycles. The van der Waals surface area contributed by atoms with Gasteiger partial charge in [-0.2, -0.15) is 0 Å². The van der Waals surface area contributed by atoms with Crippen LogP contribution in [0.4, 0.5) is 4.39 Å². The van der Waals surface area contributed by atoms with Crippen LogP contribution in [0.3, 0.4) is 0 Å². The second kappa shape index (κ2) is 7.96. The van der Waals surface area contributed by atoms with Crippen molar-refractivity contribution < 1.29 is 14.0 Å². The summed E-state index contributed by atoms with van der Waals surface area (Å²) in [6.45, 7) is 1.60. The second-order valence-corrected chi connectivity index (χ2v) is 8.52. The van der Waals surface area contributed by atoms with Gasteiger partial charge in [0.25, 0.3) is 5.91 Å². The molecule has 0 atom stereocenters. The number of amides is 2. The van der Waals surface area contributed by atoms with Crippen molar-refractivity contribution in [1.82, 2.24) is 9.80 Å². The highest BCUT2D eigenvalue weighted by molar-refractivity contribution is 6.31. The zero-order valence-corrected chi connectivity index (χ0v) is 17.3. The van der Waals surface area contributed by atoms with Gasteiger partial charge >= 0.3 is 0 Å². The number of piperazine rings is 1. The summed E-state index contributed by atoms with van der Waals surface area (Å²) in [5.41, 5.74) is 0.474. The summed E-state index contributed by atoms with van der Waals surface area (Å²) in [5, 5.41) is 0.967. The molecule has 1 saturated carbocycles. The topological polar surface area (TPSA) is 40.6 Å². The van der Waals surface area contributed by atoms with Crippen LogP contribution in [-0.2, 0) is 10.2 Å². The molecule has 1 aliphatic heterocycles. The fraction of sp³-hybridized carbons (Fsp3) is 0.364. The molecule has 0 unspecified atom stereocenters. The van der Waals surface area contributed by atoms with Crippen LogP contribution >= 0.6 is 23.2 Å². The van der Waals surface area contributed by atoms with E-state index in [9.17, 15) is 14.0 Å². The van der Waals surface area contributed by atoms with Crippen molar-refractivity contribution in [2.75, 3.05) is 26.2 Å². The molecule has 2 aromatic rings. The van der Waals surface area contributed by atoms with Crippen molar-refractivity contribution in [2.24, 2.45) is 0 Å². The minimum absolute atomic E-state index is 0.0334. The summed E-state index contributed by atoms with van der Waals surface area (Å²) >= 11 is 11.9. The van der Waals surface area contributed by atoms with E-state index in [4.69, 9.17) is 23.2 Å². The maximum Gasteiger partial charge on any atom is 0.257 e. The van der Waals surface area contributed by atoms with Gasteiger partial charge in [0.15, 0.2) is 0 Å². The Labute approximate surface area is 179 Å². The number of rotatable bonds is 3. The molecule has 0 radical (unpaired) electrons. The molecule has 7 heteroatoms. The number of halogens is 3.